The van der Waals surface area contributed by atoms with Crippen molar-refractivity contribution in [2.45, 2.75) is 44.3 Å². The van der Waals surface area contributed by atoms with Gasteiger partial charge in [0.2, 0.25) is 0 Å². The zero-order chi connectivity index (χ0) is 10.7. The number of hydrogen-bond donors (Lipinski definition) is 2. The molecular formula is C13H20N2. The summed E-state index contributed by atoms with van der Waals surface area (Å²) in [6, 6.07) is 10.8. The van der Waals surface area contributed by atoms with E-state index in [0.29, 0.717) is 6.04 Å². The van der Waals surface area contributed by atoms with Gasteiger partial charge in [-0.1, -0.05) is 37.3 Å². The molecule has 3 N–H and O–H groups in total. The summed E-state index contributed by atoms with van der Waals surface area (Å²) < 4.78 is 0. The van der Waals surface area contributed by atoms with E-state index in [-0.39, 0.29) is 5.54 Å². The second-order valence-electron chi connectivity index (χ2n) is 4.51. The molecule has 0 aliphatic heterocycles. The Bertz CT molecular complexity index is 304. The molecule has 2 heteroatoms. The Balaban J connectivity index is 1.89. The van der Waals surface area contributed by atoms with E-state index in [1.54, 1.807) is 0 Å². The Morgan fingerprint density at radius 2 is 2.00 bits per heavy atom. The van der Waals surface area contributed by atoms with Gasteiger partial charge in [0.25, 0.3) is 0 Å². The van der Waals surface area contributed by atoms with Gasteiger partial charge in [-0.05, 0) is 24.8 Å². The average molecular weight is 204 g/mol. The normalized spacial score (nSPS) is 19.9. The maximum atomic E-state index is 6.11. The van der Waals surface area contributed by atoms with Crippen molar-refractivity contribution in [2.75, 3.05) is 0 Å². The molecule has 1 aromatic carbocycles. The zero-order valence-corrected chi connectivity index (χ0v) is 9.37. The molecule has 1 fully saturated rings. The largest absolute Gasteiger partial charge is 0.326 e. The first-order valence-electron chi connectivity index (χ1n) is 5.81. The standard InChI is InChI=1S/C13H20N2/c1-2-12(14)13(8-9-13)15-10-11-6-4-3-5-7-11/h3-7,12,15H,2,8-10,14H2,1H3/t12-/m0/s1. The van der Waals surface area contributed by atoms with Crippen LogP contribution in [-0.2, 0) is 6.54 Å². The van der Waals surface area contributed by atoms with Gasteiger partial charge in [0.05, 0.1) is 0 Å². The van der Waals surface area contributed by atoms with Gasteiger partial charge in [0, 0.05) is 18.1 Å². The quantitative estimate of drug-likeness (QED) is 0.770. The molecule has 1 aliphatic carbocycles. The lowest BCUT2D eigenvalue weighted by atomic mass is 10.0. The van der Waals surface area contributed by atoms with Gasteiger partial charge in [0.1, 0.15) is 0 Å². The highest BCUT2D eigenvalue weighted by molar-refractivity contribution is 5.17. The lowest BCUT2D eigenvalue weighted by Gasteiger charge is -2.23. The Labute approximate surface area is 91.9 Å². The third-order valence-electron chi connectivity index (χ3n) is 3.43. The van der Waals surface area contributed by atoms with E-state index in [2.05, 4.69) is 36.5 Å². The molecule has 2 rings (SSSR count). The fourth-order valence-corrected chi connectivity index (χ4v) is 2.08. The van der Waals surface area contributed by atoms with Crippen molar-refractivity contribution in [3.63, 3.8) is 0 Å². The predicted molar refractivity (Wildman–Crippen MR) is 63.5 cm³/mol. The number of benzene rings is 1. The maximum Gasteiger partial charge on any atom is 0.0337 e. The lowest BCUT2D eigenvalue weighted by molar-refractivity contribution is 0.400. The van der Waals surface area contributed by atoms with Crippen molar-refractivity contribution >= 4 is 0 Å². The molecule has 0 aromatic heterocycles. The van der Waals surface area contributed by atoms with E-state index in [1.165, 1.54) is 18.4 Å². The zero-order valence-electron chi connectivity index (χ0n) is 9.37. The second-order valence-corrected chi connectivity index (χ2v) is 4.51. The fourth-order valence-electron chi connectivity index (χ4n) is 2.08. The SMILES string of the molecule is CC[C@H](N)C1(NCc2ccccc2)CC1. The molecule has 0 radical (unpaired) electrons. The summed E-state index contributed by atoms with van der Waals surface area (Å²) in [5.41, 5.74) is 7.70. The van der Waals surface area contributed by atoms with Crippen LogP contribution >= 0.6 is 0 Å². The van der Waals surface area contributed by atoms with Gasteiger partial charge in [0.15, 0.2) is 0 Å². The minimum Gasteiger partial charge on any atom is -0.326 e. The fraction of sp³-hybridized carbons (Fsp3) is 0.538. The van der Waals surface area contributed by atoms with Gasteiger partial charge in [-0.2, -0.15) is 0 Å². The molecule has 15 heavy (non-hydrogen) atoms. The highest BCUT2D eigenvalue weighted by Crippen LogP contribution is 2.39. The number of hydrogen-bond acceptors (Lipinski definition) is 2. The molecule has 0 heterocycles. The van der Waals surface area contributed by atoms with Gasteiger partial charge in [-0.3, -0.25) is 0 Å². The molecule has 1 atom stereocenters. The summed E-state index contributed by atoms with van der Waals surface area (Å²) in [5, 5.41) is 3.61. The first-order chi connectivity index (χ1) is 7.27. The Hall–Kier alpha value is -0.860. The average Bonchev–Trinajstić information content (AvgIpc) is 3.08. The highest BCUT2D eigenvalue weighted by Gasteiger charge is 2.46. The van der Waals surface area contributed by atoms with Gasteiger partial charge in [-0.25, -0.2) is 0 Å². The van der Waals surface area contributed by atoms with E-state index in [9.17, 15) is 0 Å². The van der Waals surface area contributed by atoms with Gasteiger partial charge >= 0.3 is 0 Å². The van der Waals surface area contributed by atoms with E-state index in [4.69, 9.17) is 5.73 Å². The van der Waals surface area contributed by atoms with E-state index in [1.807, 2.05) is 6.07 Å². The minimum absolute atomic E-state index is 0.241. The third kappa shape index (κ3) is 2.39. The molecular weight excluding hydrogens is 184 g/mol. The molecule has 2 nitrogen and oxygen atoms in total. The minimum atomic E-state index is 0.241. The lowest BCUT2D eigenvalue weighted by Crippen LogP contribution is -2.46. The summed E-state index contributed by atoms with van der Waals surface area (Å²) in [6.45, 7) is 3.10. The second kappa shape index (κ2) is 4.33. The molecule has 0 saturated heterocycles. The Kier molecular flexibility index (Phi) is 3.08. The monoisotopic (exact) mass is 204 g/mol. The molecule has 0 amide bonds. The van der Waals surface area contributed by atoms with Crippen LogP contribution in [0.4, 0.5) is 0 Å². The van der Waals surface area contributed by atoms with E-state index >= 15 is 0 Å². The van der Waals surface area contributed by atoms with Crippen molar-refractivity contribution in [1.82, 2.24) is 5.32 Å². The molecule has 0 unspecified atom stereocenters. The molecule has 1 saturated carbocycles. The summed E-state index contributed by atoms with van der Waals surface area (Å²) in [5.74, 6) is 0. The van der Waals surface area contributed by atoms with Crippen LogP contribution in [0.5, 0.6) is 0 Å². The molecule has 82 valence electrons. The summed E-state index contributed by atoms with van der Waals surface area (Å²) in [4.78, 5) is 0. The van der Waals surface area contributed by atoms with Crippen LogP contribution in [0.25, 0.3) is 0 Å². The molecule has 0 spiro atoms. The predicted octanol–water partition coefficient (Wildman–Crippen LogP) is 2.05. The summed E-state index contributed by atoms with van der Waals surface area (Å²) in [6.07, 6.45) is 3.52. The molecule has 1 aromatic rings. The number of nitrogens with two attached hydrogens (primary N) is 1. The van der Waals surface area contributed by atoms with Crippen LogP contribution in [0.3, 0.4) is 0 Å². The first kappa shape index (κ1) is 10.7. The van der Waals surface area contributed by atoms with Crippen LogP contribution in [0.2, 0.25) is 0 Å². The van der Waals surface area contributed by atoms with Crippen LogP contribution in [0.1, 0.15) is 31.7 Å². The first-order valence-corrected chi connectivity index (χ1v) is 5.81. The highest BCUT2D eigenvalue weighted by atomic mass is 15.1. The topological polar surface area (TPSA) is 38.0 Å². The van der Waals surface area contributed by atoms with Crippen LogP contribution in [0, 0.1) is 0 Å². The summed E-state index contributed by atoms with van der Waals surface area (Å²) in [7, 11) is 0. The van der Waals surface area contributed by atoms with E-state index in [0.717, 1.165) is 13.0 Å². The van der Waals surface area contributed by atoms with Crippen LogP contribution in [-0.4, -0.2) is 11.6 Å². The van der Waals surface area contributed by atoms with Gasteiger partial charge in [-0.15, -0.1) is 0 Å². The molecule has 1 aliphatic rings. The van der Waals surface area contributed by atoms with Crippen LogP contribution < -0.4 is 11.1 Å². The Morgan fingerprint density at radius 3 is 2.53 bits per heavy atom. The van der Waals surface area contributed by atoms with Crippen molar-refractivity contribution in [3.05, 3.63) is 35.9 Å². The smallest absolute Gasteiger partial charge is 0.0337 e. The number of rotatable bonds is 5. The van der Waals surface area contributed by atoms with Gasteiger partial charge < -0.3 is 11.1 Å². The number of nitrogens with one attached hydrogen (secondary N) is 1. The van der Waals surface area contributed by atoms with Crippen molar-refractivity contribution in [1.29, 1.82) is 0 Å². The third-order valence-corrected chi connectivity index (χ3v) is 3.43. The van der Waals surface area contributed by atoms with Crippen molar-refractivity contribution in [3.8, 4) is 0 Å². The molecule has 0 bridgehead atoms. The van der Waals surface area contributed by atoms with Crippen LogP contribution in [0.15, 0.2) is 30.3 Å². The Morgan fingerprint density at radius 1 is 1.33 bits per heavy atom. The van der Waals surface area contributed by atoms with E-state index < -0.39 is 0 Å². The maximum absolute atomic E-state index is 6.11. The van der Waals surface area contributed by atoms with Crippen molar-refractivity contribution < 1.29 is 0 Å². The summed E-state index contributed by atoms with van der Waals surface area (Å²) >= 11 is 0. The van der Waals surface area contributed by atoms with Crippen molar-refractivity contribution in [2.24, 2.45) is 5.73 Å².